The van der Waals surface area contributed by atoms with Crippen LogP contribution in [0.25, 0.3) is 0 Å². The fraction of sp³-hybridized carbons (Fsp3) is 0.455. The van der Waals surface area contributed by atoms with Crippen molar-refractivity contribution in [2.24, 2.45) is 5.73 Å². The Morgan fingerprint density at radius 1 is 1.36 bits per heavy atom. The molecule has 2 nitrogen and oxygen atoms in total. The van der Waals surface area contributed by atoms with Gasteiger partial charge in [0, 0.05) is 19.1 Å². The van der Waals surface area contributed by atoms with Crippen LogP contribution in [0.4, 0.5) is 5.69 Å². The molecule has 0 aromatic heterocycles. The molecule has 3 heteroatoms. The first-order chi connectivity index (χ1) is 6.58. The van der Waals surface area contributed by atoms with E-state index in [1.165, 1.54) is 11.1 Å². The lowest BCUT2D eigenvalue weighted by Gasteiger charge is -2.40. The number of hydrogen-bond donors (Lipinski definition) is 1. The highest BCUT2D eigenvalue weighted by atomic mass is 35.5. The van der Waals surface area contributed by atoms with E-state index in [0.717, 1.165) is 23.8 Å². The molecule has 0 saturated carbocycles. The lowest BCUT2D eigenvalue weighted by atomic mass is 10.0. The van der Waals surface area contributed by atoms with Crippen molar-refractivity contribution in [2.75, 3.05) is 18.0 Å². The van der Waals surface area contributed by atoms with E-state index in [-0.39, 0.29) is 0 Å². The van der Waals surface area contributed by atoms with Gasteiger partial charge >= 0.3 is 0 Å². The van der Waals surface area contributed by atoms with Gasteiger partial charge in [-0.2, -0.15) is 0 Å². The van der Waals surface area contributed by atoms with Gasteiger partial charge in [0.1, 0.15) is 0 Å². The van der Waals surface area contributed by atoms with Crippen molar-refractivity contribution >= 4 is 17.3 Å². The molecule has 0 atom stereocenters. The number of rotatable bonds is 1. The van der Waals surface area contributed by atoms with E-state index < -0.39 is 0 Å². The number of benzene rings is 1. The fourth-order valence-electron chi connectivity index (χ4n) is 2.00. The van der Waals surface area contributed by atoms with Crippen LogP contribution in [0.1, 0.15) is 11.1 Å². The zero-order chi connectivity index (χ0) is 10.3. The standard InChI is InChI=1S/C11H15ClN2/c1-7-3-8(2)11(10(12)4-7)14-5-9(13)6-14/h3-4,9H,5-6,13H2,1-2H3. The molecule has 1 aromatic rings. The van der Waals surface area contributed by atoms with E-state index in [2.05, 4.69) is 24.8 Å². The van der Waals surface area contributed by atoms with Crippen LogP contribution >= 0.6 is 11.6 Å². The summed E-state index contributed by atoms with van der Waals surface area (Å²) in [7, 11) is 0. The van der Waals surface area contributed by atoms with Crippen molar-refractivity contribution in [1.29, 1.82) is 0 Å². The minimum Gasteiger partial charge on any atom is -0.367 e. The number of hydrogen-bond acceptors (Lipinski definition) is 2. The third kappa shape index (κ3) is 1.60. The zero-order valence-corrected chi connectivity index (χ0v) is 9.30. The summed E-state index contributed by atoms with van der Waals surface area (Å²) in [5.74, 6) is 0. The predicted octanol–water partition coefficient (Wildman–Crippen LogP) is 2.10. The van der Waals surface area contributed by atoms with Gasteiger partial charge in [-0.05, 0) is 31.0 Å². The van der Waals surface area contributed by atoms with Gasteiger partial charge in [0.25, 0.3) is 0 Å². The Kier molecular flexibility index (Phi) is 2.41. The summed E-state index contributed by atoms with van der Waals surface area (Å²) in [5, 5.41) is 0.842. The Labute approximate surface area is 89.7 Å². The lowest BCUT2D eigenvalue weighted by molar-refractivity contribution is 0.519. The molecular formula is C11H15ClN2. The molecule has 0 radical (unpaired) electrons. The second kappa shape index (κ2) is 3.44. The zero-order valence-electron chi connectivity index (χ0n) is 8.55. The monoisotopic (exact) mass is 210 g/mol. The van der Waals surface area contributed by atoms with Gasteiger partial charge < -0.3 is 10.6 Å². The molecule has 1 aliphatic rings. The molecule has 0 unspecified atom stereocenters. The van der Waals surface area contributed by atoms with Crippen LogP contribution in [0, 0.1) is 13.8 Å². The first kappa shape index (κ1) is 9.81. The van der Waals surface area contributed by atoms with Gasteiger partial charge in [-0.15, -0.1) is 0 Å². The molecule has 1 fully saturated rings. The van der Waals surface area contributed by atoms with Gasteiger partial charge in [0.05, 0.1) is 10.7 Å². The number of nitrogens with two attached hydrogens (primary N) is 1. The molecule has 1 aliphatic heterocycles. The average molecular weight is 211 g/mol. The van der Waals surface area contributed by atoms with E-state index >= 15 is 0 Å². The summed E-state index contributed by atoms with van der Waals surface area (Å²) in [6.07, 6.45) is 0. The van der Waals surface area contributed by atoms with Crippen molar-refractivity contribution in [3.63, 3.8) is 0 Å². The number of halogens is 1. The smallest absolute Gasteiger partial charge is 0.0644 e. The minimum atomic E-state index is 0.312. The Morgan fingerprint density at radius 2 is 2.00 bits per heavy atom. The third-order valence-electron chi connectivity index (χ3n) is 2.62. The molecule has 2 N–H and O–H groups in total. The quantitative estimate of drug-likeness (QED) is 0.770. The summed E-state index contributed by atoms with van der Waals surface area (Å²) in [4.78, 5) is 2.24. The first-order valence-electron chi connectivity index (χ1n) is 4.85. The molecular weight excluding hydrogens is 196 g/mol. The summed E-state index contributed by atoms with van der Waals surface area (Å²) >= 11 is 6.21. The second-order valence-electron chi connectivity index (χ2n) is 4.08. The largest absolute Gasteiger partial charge is 0.367 e. The Hall–Kier alpha value is -0.730. The van der Waals surface area contributed by atoms with E-state index in [1.807, 2.05) is 6.07 Å². The molecule has 0 bridgehead atoms. The maximum absolute atomic E-state index is 6.21. The van der Waals surface area contributed by atoms with E-state index in [4.69, 9.17) is 17.3 Å². The van der Waals surface area contributed by atoms with Crippen LogP contribution in [0.15, 0.2) is 12.1 Å². The van der Waals surface area contributed by atoms with E-state index in [0.29, 0.717) is 6.04 Å². The molecule has 2 rings (SSSR count). The normalized spacial score (nSPS) is 17.0. The molecule has 1 aromatic carbocycles. The van der Waals surface area contributed by atoms with Crippen molar-refractivity contribution in [3.8, 4) is 0 Å². The number of aryl methyl sites for hydroxylation is 2. The summed E-state index contributed by atoms with van der Waals surface area (Å²) in [5.41, 5.74) is 9.35. The molecule has 0 aliphatic carbocycles. The summed E-state index contributed by atoms with van der Waals surface area (Å²) < 4.78 is 0. The van der Waals surface area contributed by atoms with Crippen molar-refractivity contribution in [3.05, 3.63) is 28.3 Å². The van der Waals surface area contributed by atoms with Gasteiger partial charge in [-0.1, -0.05) is 17.7 Å². The van der Waals surface area contributed by atoms with Crippen molar-refractivity contribution in [1.82, 2.24) is 0 Å². The van der Waals surface area contributed by atoms with E-state index in [9.17, 15) is 0 Å². The Balaban J connectivity index is 2.33. The van der Waals surface area contributed by atoms with Crippen LogP contribution in [0.3, 0.4) is 0 Å². The maximum atomic E-state index is 6.21. The topological polar surface area (TPSA) is 29.3 Å². The summed E-state index contributed by atoms with van der Waals surface area (Å²) in [6.45, 7) is 6.00. The highest BCUT2D eigenvalue weighted by molar-refractivity contribution is 6.33. The second-order valence-corrected chi connectivity index (χ2v) is 4.48. The number of anilines is 1. The SMILES string of the molecule is Cc1cc(C)c(N2CC(N)C2)c(Cl)c1. The van der Waals surface area contributed by atoms with Crippen LogP contribution in [0.5, 0.6) is 0 Å². The van der Waals surface area contributed by atoms with Gasteiger partial charge in [-0.3, -0.25) is 0 Å². The van der Waals surface area contributed by atoms with Crippen LogP contribution < -0.4 is 10.6 Å². The van der Waals surface area contributed by atoms with Gasteiger partial charge in [0.2, 0.25) is 0 Å². The average Bonchev–Trinajstić information content (AvgIpc) is 1.99. The Morgan fingerprint density at radius 3 is 2.50 bits per heavy atom. The highest BCUT2D eigenvalue weighted by Crippen LogP contribution is 2.33. The third-order valence-corrected chi connectivity index (χ3v) is 2.91. The maximum Gasteiger partial charge on any atom is 0.0644 e. The molecule has 1 heterocycles. The van der Waals surface area contributed by atoms with Gasteiger partial charge in [0.15, 0.2) is 0 Å². The highest BCUT2D eigenvalue weighted by Gasteiger charge is 2.26. The van der Waals surface area contributed by atoms with Crippen LogP contribution in [0.2, 0.25) is 5.02 Å². The predicted molar refractivity (Wildman–Crippen MR) is 61.1 cm³/mol. The Bertz CT molecular complexity index is 333. The van der Waals surface area contributed by atoms with Gasteiger partial charge in [-0.25, -0.2) is 0 Å². The fourth-order valence-corrected chi connectivity index (χ4v) is 2.44. The molecule has 0 amide bonds. The molecule has 14 heavy (non-hydrogen) atoms. The molecule has 1 saturated heterocycles. The molecule has 76 valence electrons. The molecule has 0 spiro atoms. The minimum absolute atomic E-state index is 0.312. The van der Waals surface area contributed by atoms with E-state index in [1.54, 1.807) is 0 Å². The number of nitrogens with zero attached hydrogens (tertiary/aromatic N) is 1. The summed E-state index contributed by atoms with van der Waals surface area (Å²) in [6, 6.07) is 4.48. The lowest BCUT2D eigenvalue weighted by Crippen LogP contribution is -2.56. The van der Waals surface area contributed by atoms with Crippen LogP contribution in [-0.4, -0.2) is 19.1 Å². The first-order valence-corrected chi connectivity index (χ1v) is 5.23. The van der Waals surface area contributed by atoms with Crippen molar-refractivity contribution < 1.29 is 0 Å². The van der Waals surface area contributed by atoms with Crippen molar-refractivity contribution in [2.45, 2.75) is 19.9 Å². The van der Waals surface area contributed by atoms with Crippen LogP contribution in [-0.2, 0) is 0 Å².